The molecule has 0 bridgehead atoms. The number of ether oxygens (including phenoxy) is 2. The molecule has 0 amide bonds. The largest absolute Gasteiger partial charge is 0.497 e. The number of hydrogen-bond acceptors (Lipinski definition) is 5. The first kappa shape index (κ1) is 20.7. The van der Waals surface area contributed by atoms with E-state index in [-0.39, 0.29) is 35.8 Å². The van der Waals surface area contributed by atoms with E-state index in [2.05, 4.69) is 62.0 Å². The van der Waals surface area contributed by atoms with Gasteiger partial charge in [-0.3, -0.25) is 9.79 Å². The van der Waals surface area contributed by atoms with Crippen LogP contribution in [-0.4, -0.2) is 36.5 Å². The van der Waals surface area contributed by atoms with Crippen molar-refractivity contribution in [2.24, 2.45) is 22.7 Å². The highest BCUT2D eigenvalue weighted by atomic mass is 79.9. The molecule has 29 heavy (non-hydrogen) atoms. The molecule has 0 saturated heterocycles. The molecule has 1 saturated carbocycles. The van der Waals surface area contributed by atoms with Crippen LogP contribution in [0.5, 0.6) is 5.75 Å². The molecule has 1 aliphatic carbocycles. The third-order valence-corrected chi connectivity index (χ3v) is 6.94. The van der Waals surface area contributed by atoms with Gasteiger partial charge >= 0.3 is 5.97 Å². The summed E-state index contributed by atoms with van der Waals surface area (Å²) in [4.78, 5) is 19.6. The number of rotatable bonds is 5. The zero-order valence-corrected chi connectivity index (χ0v) is 19.8. The fourth-order valence-corrected chi connectivity index (χ4v) is 5.75. The van der Waals surface area contributed by atoms with Crippen molar-refractivity contribution in [2.75, 3.05) is 13.7 Å². The number of nitrogens with zero attached hydrogens (tertiary/aromatic N) is 2. The van der Waals surface area contributed by atoms with E-state index in [0.717, 1.165) is 27.0 Å². The summed E-state index contributed by atoms with van der Waals surface area (Å²) in [5, 5.41) is 0. The van der Waals surface area contributed by atoms with Crippen molar-refractivity contribution in [1.29, 1.82) is 0 Å². The van der Waals surface area contributed by atoms with E-state index in [0.29, 0.717) is 6.61 Å². The van der Waals surface area contributed by atoms with Gasteiger partial charge in [0.25, 0.3) is 0 Å². The molecule has 5 nitrogen and oxygen atoms in total. The van der Waals surface area contributed by atoms with Crippen LogP contribution in [-0.2, 0) is 9.53 Å². The molecule has 2 heterocycles. The Bertz CT molecular complexity index is 894. The van der Waals surface area contributed by atoms with E-state index in [1.54, 1.807) is 7.11 Å². The Morgan fingerprint density at radius 2 is 2.00 bits per heavy atom. The molecule has 154 valence electrons. The quantitative estimate of drug-likeness (QED) is 0.499. The maximum Gasteiger partial charge on any atom is 0.309 e. The number of aliphatic imine (C=N–C) groups is 1. The van der Waals surface area contributed by atoms with Gasteiger partial charge < -0.3 is 14.4 Å². The summed E-state index contributed by atoms with van der Waals surface area (Å²) >= 11 is 7.30. The molecule has 0 spiro atoms. The molecule has 0 radical (unpaired) electrons. The number of carbonyl (C=O) groups excluding carboxylic acids is 1. The summed E-state index contributed by atoms with van der Waals surface area (Å²) in [6, 6.07) is 8.39. The molecule has 1 aromatic carbocycles. The van der Waals surface area contributed by atoms with Crippen molar-refractivity contribution in [3.8, 4) is 5.75 Å². The van der Waals surface area contributed by atoms with Crippen LogP contribution in [0.15, 0.2) is 50.5 Å². The molecular weight excluding hydrogens is 500 g/mol. The zero-order chi connectivity index (χ0) is 20.7. The minimum Gasteiger partial charge on any atom is -0.497 e. The van der Waals surface area contributed by atoms with Crippen molar-refractivity contribution >= 4 is 43.7 Å². The van der Waals surface area contributed by atoms with Crippen molar-refractivity contribution in [1.82, 2.24) is 4.90 Å². The van der Waals surface area contributed by atoms with Crippen LogP contribution in [0, 0.1) is 17.8 Å². The topological polar surface area (TPSA) is 51.1 Å². The molecule has 7 heteroatoms. The summed E-state index contributed by atoms with van der Waals surface area (Å²) < 4.78 is 12.5. The van der Waals surface area contributed by atoms with Gasteiger partial charge in [0, 0.05) is 16.6 Å². The maximum atomic E-state index is 12.2. The van der Waals surface area contributed by atoms with Crippen LogP contribution in [0.1, 0.15) is 31.9 Å². The van der Waals surface area contributed by atoms with Crippen LogP contribution in [0.25, 0.3) is 0 Å². The Kier molecular flexibility index (Phi) is 5.89. The van der Waals surface area contributed by atoms with E-state index in [9.17, 15) is 4.79 Å². The Hall–Kier alpha value is -1.60. The van der Waals surface area contributed by atoms with Crippen LogP contribution in [0.3, 0.4) is 0 Å². The minimum atomic E-state index is -0.0887. The van der Waals surface area contributed by atoms with Crippen LogP contribution in [0.2, 0.25) is 0 Å². The number of fused-ring (bicyclic) bond motifs is 1. The Balaban J connectivity index is 1.70. The van der Waals surface area contributed by atoms with E-state index in [4.69, 9.17) is 14.5 Å². The molecule has 1 fully saturated rings. The highest BCUT2D eigenvalue weighted by molar-refractivity contribution is 9.12. The average molecular weight is 524 g/mol. The van der Waals surface area contributed by atoms with Gasteiger partial charge in [-0.15, -0.1) is 0 Å². The summed E-state index contributed by atoms with van der Waals surface area (Å²) in [6.45, 7) is 4.50. The lowest BCUT2D eigenvalue weighted by atomic mass is 9.83. The molecule has 5 atom stereocenters. The molecule has 4 rings (SSSR count). The predicted molar refractivity (Wildman–Crippen MR) is 120 cm³/mol. The number of methoxy groups -OCH3 is 1. The van der Waals surface area contributed by atoms with Gasteiger partial charge in [-0.05, 0) is 74.9 Å². The van der Waals surface area contributed by atoms with Gasteiger partial charge in [0.15, 0.2) is 0 Å². The summed E-state index contributed by atoms with van der Waals surface area (Å²) in [5.74, 6) is 2.08. The monoisotopic (exact) mass is 522 g/mol. The molecule has 0 N–H and O–H groups in total. The predicted octanol–water partition coefficient (Wildman–Crippen LogP) is 5.18. The van der Waals surface area contributed by atoms with E-state index < -0.39 is 0 Å². The van der Waals surface area contributed by atoms with Gasteiger partial charge in [-0.2, -0.15) is 0 Å². The lowest BCUT2D eigenvalue weighted by Gasteiger charge is -2.44. The van der Waals surface area contributed by atoms with Crippen LogP contribution in [0.4, 0.5) is 0 Å². The normalized spacial score (nSPS) is 30.6. The lowest BCUT2D eigenvalue weighted by molar-refractivity contribution is -0.145. The van der Waals surface area contributed by atoms with Gasteiger partial charge in [0.2, 0.25) is 0 Å². The third-order valence-electron chi connectivity index (χ3n) is 5.92. The van der Waals surface area contributed by atoms with Gasteiger partial charge in [0.1, 0.15) is 11.6 Å². The molecular formula is C22H24Br2N2O3. The summed E-state index contributed by atoms with van der Waals surface area (Å²) in [5.41, 5.74) is 1.20. The number of esters is 1. The lowest BCUT2D eigenvalue weighted by Crippen LogP contribution is -2.45. The Morgan fingerprint density at radius 3 is 2.66 bits per heavy atom. The Morgan fingerprint density at radius 1 is 1.28 bits per heavy atom. The molecule has 0 aromatic heterocycles. The number of benzene rings is 1. The SMILES string of the molecule is CCOC(=O)C1CC1C1N=C2C(Br)=CC(Br)=CN2C(c2ccc(OC)cc2)C1C. The second kappa shape index (κ2) is 8.26. The van der Waals surface area contributed by atoms with E-state index in [1.165, 1.54) is 5.56 Å². The fraction of sp³-hybridized carbons (Fsp3) is 0.455. The van der Waals surface area contributed by atoms with Gasteiger partial charge in [-0.25, -0.2) is 0 Å². The first-order chi connectivity index (χ1) is 13.9. The Labute approximate surface area is 188 Å². The maximum absolute atomic E-state index is 12.2. The smallest absolute Gasteiger partial charge is 0.309 e. The van der Waals surface area contributed by atoms with Crippen LogP contribution < -0.4 is 4.74 Å². The number of halogens is 2. The standard InChI is InChI=1S/C22H24Br2N2O3/c1-4-29-22(27)17-10-16(17)19-12(2)20(13-5-7-15(28-3)8-6-13)26-11-14(23)9-18(24)21(26)25-19/h5-9,11-12,16-17,19-20H,4,10H2,1-3H3. The molecule has 5 unspecified atom stereocenters. The summed E-state index contributed by atoms with van der Waals surface area (Å²) in [6.07, 6.45) is 4.95. The number of hydrogen-bond donors (Lipinski definition) is 0. The van der Waals surface area contributed by atoms with Gasteiger partial charge in [0.05, 0.1) is 36.2 Å². The van der Waals surface area contributed by atoms with Crippen LogP contribution >= 0.6 is 31.9 Å². The average Bonchev–Trinajstić information content (AvgIpc) is 3.49. The molecule has 1 aromatic rings. The number of allylic oxidation sites excluding steroid dienone is 2. The fourth-order valence-electron chi connectivity index (χ4n) is 4.44. The van der Waals surface area contributed by atoms with Crippen molar-refractivity contribution < 1.29 is 14.3 Å². The first-order valence-corrected chi connectivity index (χ1v) is 11.4. The number of carbonyl (C=O) groups is 1. The highest BCUT2D eigenvalue weighted by Gasteiger charge is 2.53. The second-order valence-corrected chi connectivity index (χ2v) is 9.46. The van der Waals surface area contributed by atoms with Crippen molar-refractivity contribution in [2.45, 2.75) is 32.4 Å². The van der Waals surface area contributed by atoms with Gasteiger partial charge in [-0.1, -0.05) is 19.1 Å². The van der Waals surface area contributed by atoms with Crippen molar-refractivity contribution in [3.63, 3.8) is 0 Å². The summed E-state index contributed by atoms with van der Waals surface area (Å²) in [7, 11) is 1.67. The third kappa shape index (κ3) is 3.91. The second-order valence-electron chi connectivity index (χ2n) is 7.69. The van der Waals surface area contributed by atoms with Crippen molar-refractivity contribution in [3.05, 3.63) is 51.1 Å². The number of amidine groups is 1. The highest BCUT2D eigenvalue weighted by Crippen LogP contribution is 2.51. The first-order valence-electron chi connectivity index (χ1n) is 9.86. The molecule has 2 aliphatic heterocycles. The minimum absolute atomic E-state index is 0.0385. The molecule has 3 aliphatic rings. The van der Waals surface area contributed by atoms with E-state index >= 15 is 0 Å². The van der Waals surface area contributed by atoms with E-state index in [1.807, 2.05) is 25.1 Å². The zero-order valence-electron chi connectivity index (χ0n) is 16.6.